The smallest absolute Gasteiger partial charge is 0.344 e. The standard InChI is InChI=1S/C21H20O6/c1-4-25-19(22)12-26-15-9-13(2)20-17(11-15)27-18(21(20)23)10-14-7-5-6-8-16(14)24-3/h5-11H,4,12H2,1-3H3/b18-10-. The molecule has 0 bridgehead atoms. The Kier molecular flexibility index (Phi) is 5.45. The fraction of sp³-hybridized carbons (Fsp3) is 0.238. The van der Waals surface area contributed by atoms with Crippen molar-refractivity contribution in [2.24, 2.45) is 0 Å². The Hall–Kier alpha value is -3.28. The normalized spacial score (nSPS) is 13.9. The molecule has 6 nitrogen and oxygen atoms in total. The molecule has 0 fully saturated rings. The molecule has 3 rings (SSSR count). The minimum absolute atomic E-state index is 0.203. The summed E-state index contributed by atoms with van der Waals surface area (Å²) in [6, 6.07) is 10.7. The number of fused-ring (bicyclic) bond motifs is 1. The van der Waals surface area contributed by atoms with Gasteiger partial charge in [0.2, 0.25) is 5.78 Å². The number of benzene rings is 2. The highest BCUT2D eigenvalue weighted by Crippen LogP contribution is 2.38. The maximum atomic E-state index is 12.7. The zero-order valence-corrected chi connectivity index (χ0v) is 15.4. The van der Waals surface area contributed by atoms with Gasteiger partial charge in [-0.15, -0.1) is 0 Å². The van der Waals surface area contributed by atoms with Gasteiger partial charge in [-0.2, -0.15) is 0 Å². The number of carbonyl (C=O) groups is 2. The molecule has 1 aliphatic heterocycles. The van der Waals surface area contributed by atoms with Gasteiger partial charge in [0.25, 0.3) is 0 Å². The lowest BCUT2D eigenvalue weighted by molar-refractivity contribution is -0.145. The van der Waals surface area contributed by atoms with E-state index in [2.05, 4.69) is 0 Å². The van der Waals surface area contributed by atoms with Crippen LogP contribution in [0.5, 0.6) is 17.2 Å². The third-order valence-corrected chi connectivity index (χ3v) is 4.03. The number of allylic oxidation sites excluding steroid dienone is 1. The molecule has 1 heterocycles. The van der Waals surface area contributed by atoms with Gasteiger partial charge in [-0.1, -0.05) is 18.2 Å². The quantitative estimate of drug-likeness (QED) is 0.573. The molecule has 0 aliphatic carbocycles. The number of Topliss-reactive ketones (excluding diaryl/α,β-unsaturated/α-hetero) is 1. The van der Waals surface area contributed by atoms with E-state index in [4.69, 9.17) is 18.9 Å². The van der Waals surface area contributed by atoms with Crippen molar-refractivity contribution in [3.8, 4) is 17.2 Å². The molecule has 0 spiro atoms. The highest BCUT2D eigenvalue weighted by Gasteiger charge is 2.30. The molecule has 0 atom stereocenters. The second-order valence-corrected chi connectivity index (χ2v) is 5.89. The number of methoxy groups -OCH3 is 1. The van der Waals surface area contributed by atoms with Crippen LogP contribution in [-0.4, -0.2) is 32.1 Å². The van der Waals surface area contributed by atoms with E-state index >= 15 is 0 Å². The zero-order chi connectivity index (χ0) is 19.4. The summed E-state index contributed by atoms with van der Waals surface area (Å²) >= 11 is 0. The van der Waals surface area contributed by atoms with E-state index in [1.54, 1.807) is 39.2 Å². The number of aryl methyl sites for hydroxylation is 1. The van der Waals surface area contributed by atoms with Crippen LogP contribution in [0.4, 0.5) is 0 Å². The summed E-state index contributed by atoms with van der Waals surface area (Å²) in [5.74, 6) is 1.04. The van der Waals surface area contributed by atoms with E-state index in [1.807, 2.05) is 24.3 Å². The Balaban J connectivity index is 1.85. The largest absolute Gasteiger partial charge is 0.496 e. The molecule has 27 heavy (non-hydrogen) atoms. The van der Waals surface area contributed by atoms with Crippen molar-refractivity contribution in [2.75, 3.05) is 20.3 Å². The van der Waals surface area contributed by atoms with Crippen molar-refractivity contribution in [1.29, 1.82) is 0 Å². The molecule has 1 aliphatic rings. The van der Waals surface area contributed by atoms with E-state index in [0.717, 1.165) is 5.56 Å². The van der Waals surface area contributed by atoms with Crippen molar-refractivity contribution in [1.82, 2.24) is 0 Å². The molecular weight excluding hydrogens is 348 g/mol. The minimum atomic E-state index is -0.454. The summed E-state index contributed by atoms with van der Waals surface area (Å²) in [5.41, 5.74) is 1.94. The molecule has 6 heteroatoms. The van der Waals surface area contributed by atoms with Crippen LogP contribution in [0.1, 0.15) is 28.4 Å². The minimum Gasteiger partial charge on any atom is -0.496 e. The first-order valence-corrected chi connectivity index (χ1v) is 8.53. The van der Waals surface area contributed by atoms with Crippen LogP contribution in [0.3, 0.4) is 0 Å². The summed E-state index contributed by atoms with van der Waals surface area (Å²) < 4.78 is 21.4. The molecular formula is C21H20O6. The lowest BCUT2D eigenvalue weighted by Gasteiger charge is -2.08. The number of para-hydroxylation sites is 1. The first kappa shape index (κ1) is 18.5. The van der Waals surface area contributed by atoms with E-state index in [9.17, 15) is 9.59 Å². The van der Waals surface area contributed by atoms with Crippen molar-refractivity contribution < 1.29 is 28.5 Å². The van der Waals surface area contributed by atoms with Crippen molar-refractivity contribution in [2.45, 2.75) is 13.8 Å². The first-order chi connectivity index (χ1) is 13.0. The average Bonchev–Trinajstić information content (AvgIpc) is 2.96. The average molecular weight is 368 g/mol. The monoisotopic (exact) mass is 368 g/mol. The maximum absolute atomic E-state index is 12.7. The highest BCUT2D eigenvalue weighted by atomic mass is 16.6. The molecule has 0 amide bonds. The number of hydrogen-bond donors (Lipinski definition) is 0. The van der Waals surface area contributed by atoms with Gasteiger partial charge in [-0.25, -0.2) is 4.79 Å². The van der Waals surface area contributed by atoms with Gasteiger partial charge in [-0.3, -0.25) is 4.79 Å². The number of ketones is 1. The Labute approximate surface area is 157 Å². The lowest BCUT2D eigenvalue weighted by atomic mass is 10.0. The van der Waals surface area contributed by atoms with Gasteiger partial charge in [0.1, 0.15) is 17.2 Å². The molecule has 0 saturated heterocycles. The Morgan fingerprint density at radius 2 is 2.00 bits per heavy atom. The molecule has 140 valence electrons. The van der Waals surface area contributed by atoms with Crippen LogP contribution >= 0.6 is 0 Å². The van der Waals surface area contributed by atoms with E-state index in [1.165, 1.54) is 0 Å². The molecule has 0 N–H and O–H groups in total. The van der Waals surface area contributed by atoms with Crippen LogP contribution in [-0.2, 0) is 9.53 Å². The van der Waals surface area contributed by atoms with Crippen LogP contribution < -0.4 is 14.2 Å². The molecule has 0 unspecified atom stereocenters. The Morgan fingerprint density at radius 3 is 2.74 bits per heavy atom. The zero-order valence-electron chi connectivity index (χ0n) is 15.4. The van der Waals surface area contributed by atoms with Crippen molar-refractivity contribution in [3.05, 3.63) is 58.8 Å². The van der Waals surface area contributed by atoms with Gasteiger partial charge in [0, 0.05) is 11.6 Å². The lowest BCUT2D eigenvalue weighted by Crippen LogP contribution is -2.14. The number of hydrogen-bond acceptors (Lipinski definition) is 6. The summed E-state index contributed by atoms with van der Waals surface area (Å²) in [6.45, 7) is 3.61. The van der Waals surface area contributed by atoms with Crippen LogP contribution in [0, 0.1) is 6.92 Å². The SMILES string of the molecule is CCOC(=O)COc1cc(C)c2c(c1)O/C(=C\c1ccccc1OC)C2=O. The summed E-state index contributed by atoms with van der Waals surface area (Å²) in [5, 5.41) is 0. The number of esters is 1. The molecule has 0 aromatic heterocycles. The van der Waals surface area contributed by atoms with Gasteiger partial charge in [0.05, 0.1) is 19.3 Å². The fourth-order valence-corrected chi connectivity index (χ4v) is 2.83. The van der Waals surface area contributed by atoms with Crippen LogP contribution in [0.2, 0.25) is 0 Å². The van der Waals surface area contributed by atoms with Gasteiger partial charge < -0.3 is 18.9 Å². The predicted molar refractivity (Wildman–Crippen MR) is 99.2 cm³/mol. The number of rotatable bonds is 6. The van der Waals surface area contributed by atoms with Gasteiger partial charge >= 0.3 is 5.97 Å². The van der Waals surface area contributed by atoms with E-state index < -0.39 is 5.97 Å². The summed E-state index contributed by atoms with van der Waals surface area (Å²) in [6.07, 6.45) is 1.65. The Bertz CT molecular complexity index is 913. The highest BCUT2D eigenvalue weighted by molar-refractivity contribution is 6.15. The summed E-state index contributed by atoms with van der Waals surface area (Å²) in [4.78, 5) is 24.2. The number of ether oxygens (including phenoxy) is 4. The maximum Gasteiger partial charge on any atom is 0.344 e. The van der Waals surface area contributed by atoms with Crippen molar-refractivity contribution in [3.63, 3.8) is 0 Å². The molecule has 0 saturated carbocycles. The van der Waals surface area contributed by atoms with Gasteiger partial charge in [-0.05, 0) is 37.6 Å². The van der Waals surface area contributed by atoms with Gasteiger partial charge in [0.15, 0.2) is 12.4 Å². The topological polar surface area (TPSA) is 71.1 Å². The van der Waals surface area contributed by atoms with Crippen LogP contribution in [0.15, 0.2) is 42.2 Å². The summed E-state index contributed by atoms with van der Waals surface area (Å²) in [7, 11) is 1.57. The third kappa shape index (κ3) is 3.95. The van der Waals surface area contributed by atoms with E-state index in [0.29, 0.717) is 35.0 Å². The second-order valence-electron chi connectivity index (χ2n) is 5.89. The van der Waals surface area contributed by atoms with Crippen LogP contribution in [0.25, 0.3) is 6.08 Å². The third-order valence-electron chi connectivity index (χ3n) is 4.03. The molecule has 2 aromatic carbocycles. The number of carbonyl (C=O) groups excluding carboxylic acids is 2. The molecule has 2 aromatic rings. The predicted octanol–water partition coefficient (Wildman–Crippen LogP) is 3.56. The first-order valence-electron chi connectivity index (χ1n) is 8.53. The second kappa shape index (κ2) is 7.95. The van der Waals surface area contributed by atoms with Crippen molar-refractivity contribution >= 4 is 17.8 Å². The molecule has 0 radical (unpaired) electrons. The van der Waals surface area contributed by atoms with E-state index in [-0.39, 0.29) is 18.1 Å². The fourth-order valence-electron chi connectivity index (χ4n) is 2.83. The Morgan fingerprint density at radius 1 is 1.22 bits per heavy atom.